The first-order valence-electron chi connectivity index (χ1n) is 5.99. The minimum atomic E-state index is -0.346. The van der Waals surface area contributed by atoms with E-state index in [9.17, 15) is 4.39 Å². The fraction of sp³-hybridized carbons (Fsp3) is 0.200. The van der Waals surface area contributed by atoms with Crippen LogP contribution in [0.3, 0.4) is 0 Å². The van der Waals surface area contributed by atoms with Crippen molar-refractivity contribution in [3.8, 4) is 5.75 Å². The van der Waals surface area contributed by atoms with Gasteiger partial charge >= 0.3 is 0 Å². The zero-order valence-electron chi connectivity index (χ0n) is 10.6. The zero-order valence-corrected chi connectivity index (χ0v) is 11.4. The summed E-state index contributed by atoms with van der Waals surface area (Å²) in [7, 11) is 1.82. The van der Waals surface area contributed by atoms with Crippen LogP contribution in [0.1, 0.15) is 11.1 Å². The van der Waals surface area contributed by atoms with Crippen molar-refractivity contribution in [3.05, 3.63) is 64.4 Å². The van der Waals surface area contributed by atoms with E-state index in [1.165, 1.54) is 6.07 Å². The molecule has 0 fully saturated rings. The highest BCUT2D eigenvalue weighted by molar-refractivity contribution is 6.30. The van der Waals surface area contributed by atoms with E-state index in [-0.39, 0.29) is 11.6 Å². The summed E-state index contributed by atoms with van der Waals surface area (Å²) in [5.74, 6) is -0.0866. The lowest BCUT2D eigenvalue weighted by molar-refractivity contribution is 0.290. The molecular formula is C15H15ClFNO. The van der Waals surface area contributed by atoms with Crippen molar-refractivity contribution in [3.63, 3.8) is 0 Å². The van der Waals surface area contributed by atoms with E-state index in [1.807, 2.05) is 25.2 Å². The van der Waals surface area contributed by atoms with Gasteiger partial charge in [-0.2, -0.15) is 0 Å². The molecule has 2 rings (SSSR count). The lowest BCUT2D eigenvalue weighted by Gasteiger charge is -2.09. The molecule has 0 saturated heterocycles. The van der Waals surface area contributed by atoms with Crippen LogP contribution in [0.4, 0.5) is 4.39 Å². The average molecular weight is 280 g/mol. The molecule has 19 heavy (non-hydrogen) atoms. The molecule has 2 aromatic carbocycles. The Hall–Kier alpha value is -1.58. The summed E-state index contributed by atoms with van der Waals surface area (Å²) >= 11 is 5.79. The van der Waals surface area contributed by atoms with Crippen molar-refractivity contribution in [1.29, 1.82) is 0 Å². The molecule has 0 spiro atoms. The number of hydrogen-bond acceptors (Lipinski definition) is 2. The van der Waals surface area contributed by atoms with Crippen LogP contribution in [-0.4, -0.2) is 7.05 Å². The van der Waals surface area contributed by atoms with Crippen LogP contribution in [-0.2, 0) is 13.2 Å². The maximum Gasteiger partial charge on any atom is 0.165 e. The van der Waals surface area contributed by atoms with Gasteiger partial charge in [0.2, 0.25) is 0 Å². The van der Waals surface area contributed by atoms with Crippen molar-refractivity contribution < 1.29 is 9.13 Å². The van der Waals surface area contributed by atoms with E-state index < -0.39 is 0 Å². The number of nitrogens with one attached hydrogen (secondary N) is 1. The summed E-state index contributed by atoms with van der Waals surface area (Å²) in [5, 5.41) is 3.65. The number of ether oxygens (including phenoxy) is 1. The van der Waals surface area contributed by atoms with Gasteiger partial charge in [0, 0.05) is 11.6 Å². The maximum atomic E-state index is 13.8. The quantitative estimate of drug-likeness (QED) is 0.899. The molecule has 2 aromatic rings. The fourth-order valence-electron chi connectivity index (χ4n) is 1.72. The second-order valence-corrected chi connectivity index (χ2v) is 4.65. The molecule has 0 unspecified atom stereocenters. The van der Waals surface area contributed by atoms with Gasteiger partial charge < -0.3 is 10.1 Å². The van der Waals surface area contributed by atoms with Gasteiger partial charge in [-0.15, -0.1) is 0 Å². The number of rotatable bonds is 5. The van der Waals surface area contributed by atoms with Crippen LogP contribution in [0.15, 0.2) is 42.5 Å². The van der Waals surface area contributed by atoms with Gasteiger partial charge in [0.05, 0.1) is 0 Å². The van der Waals surface area contributed by atoms with Crippen molar-refractivity contribution in [1.82, 2.24) is 5.32 Å². The summed E-state index contributed by atoms with van der Waals surface area (Å²) in [6.07, 6.45) is 0. The van der Waals surface area contributed by atoms with Crippen molar-refractivity contribution >= 4 is 11.6 Å². The highest BCUT2D eigenvalue weighted by Crippen LogP contribution is 2.20. The summed E-state index contributed by atoms with van der Waals surface area (Å²) in [5.41, 5.74) is 1.84. The molecule has 0 aliphatic carbocycles. The standard InChI is InChI=1S/C15H15ClFNO/c1-18-9-12-4-7-15(14(17)8-12)19-10-11-2-5-13(16)6-3-11/h2-8,18H,9-10H2,1H3. The minimum Gasteiger partial charge on any atom is -0.486 e. The Labute approximate surface area is 117 Å². The first-order chi connectivity index (χ1) is 9.19. The maximum absolute atomic E-state index is 13.8. The van der Waals surface area contributed by atoms with Gasteiger partial charge in [0.15, 0.2) is 11.6 Å². The van der Waals surface area contributed by atoms with Crippen molar-refractivity contribution in [2.24, 2.45) is 0 Å². The molecular weight excluding hydrogens is 265 g/mol. The predicted molar refractivity (Wildman–Crippen MR) is 74.9 cm³/mol. The third-order valence-electron chi connectivity index (χ3n) is 2.68. The van der Waals surface area contributed by atoms with Crippen molar-refractivity contribution in [2.75, 3.05) is 7.05 Å². The fourth-order valence-corrected chi connectivity index (χ4v) is 1.84. The molecule has 0 radical (unpaired) electrons. The van der Waals surface area contributed by atoms with E-state index in [0.717, 1.165) is 11.1 Å². The Morgan fingerprint density at radius 1 is 1.11 bits per heavy atom. The Kier molecular flexibility index (Phi) is 4.77. The second-order valence-electron chi connectivity index (χ2n) is 4.21. The Morgan fingerprint density at radius 3 is 2.42 bits per heavy atom. The van der Waals surface area contributed by atoms with Gasteiger partial charge in [-0.25, -0.2) is 4.39 Å². The topological polar surface area (TPSA) is 21.3 Å². The number of benzene rings is 2. The first-order valence-corrected chi connectivity index (χ1v) is 6.37. The normalized spacial score (nSPS) is 10.5. The summed E-state index contributed by atoms with van der Waals surface area (Å²) in [6.45, 7) is 0.952. The third kappa shape index (κ3) is 3.94. The summed E-state index contributed by atoms with van der Waals surface area (Å²) in [6, 6.07) is 12.3. The van der Waals surface area contributed by atoms with E-state index in [4.69, 9.17) is 16.3 Å². The van der Waals surface area contributed by atoms with Crippen LogP contribution in [0.5, 0.6) is 5.75 Å². The molecule has 4 heteroatoms. The Balaban J connectivity index is 2.01. The Bertz CT molecular complexity index is 542. The van der Waals surface area contributed by atoms with Gasteiger partial charge in [-0.3, -0.25) is 0 Å². The molecule has 0 atom stereocenters. The minimum absolute atomic E-state index is 0.259. The zero-order chi connectivity index (χ0) is 13.7. The van der Waals surface area contributed by atoms with Crippen molar-refractivity contribution in [2.45, 2.75) is 13.2 Å². The SMILES string of the molecule is CNCc1ccc(OCc2ccc(Cl)cc2)c(F)c1. The predicted octanol–water partition coefficient (Wildman–Crippen LogP) is 3.78. The highest BCUT2D eigenvalue weighted by atomic mass is 35.5. The van der Waals surface area contributed by atoms with E-state index in [2.05, 4.69) is 5.32 Å². The number of hydrogen-bond donors (Lipinski definition) is 1. The second kappa shape index (κ2) is 6.55. The van der Waals surface area contributed by atoms with Gasteiger partial charge in [-0.1, -0.05) is 29.8 Å². The lowest BCUT2D eigenvalue weighted by Crippen LogP contribution is -2.05. The average Bonchev–Trinajstić information content (AvgIpc) is 2.40. The molecule has 0 heterocycles. The molecule has 100 valence electrons. The number of halogens is 2. The highest BCUT2D eigenvalue weighted by Gasteiger charge is 2.05. The Morgan fingerprint density at radius 2 is 1.79 bits per heavy atom. The molecule has 0 aliphatic rings. The van der Waals surface area contributed by atoms with Gasteiger partial charge in [0.1, 0.15) is 6.61 Å². The van der Waals surface area contributed by atoms with Crippen LogP contribution in [0.25, 0.3) is 0 Å². The third-order valence-corrected chi connectivity index (χ3v) is 2.94. The van der Waals surface area contributed by atoms with Crippen LogP contribution < -0.4 is 10.1 Å². The van der Waals surface area contributed by atoms with E-state index >= 15 is 0 Å². The molecule has 0 aromatic heterocycles. The van der Waals surface area contributed by atoms with Gasteiger partial charge in [0.25, 0.3) is 0 Å². The van der Waals surface area contributed by atoms with Crippen LogP contribution in [0, 0.1) is 5.82 Å². The monoisotopic (exact) mass is 279 g/mol. The largest absolute Gasteiger partial charge is 0.486 e. The van der Waals surface area contributed by atoms with Crippen LogP contribution in [0.2, 0.25) is 5.02 Å². The molecule has 0 amide bonds. The van der Waals surface area contributed by atoms with Gasteiger partial charge in [-0.05, 0) is 42.4 Å². The molecule has 2 nitrogen and oxygen atoms in total. The first kappa shape index (κ1) is 13.8. The molecule has 1 N–H and O–H groups in total. The smallest absolute Gasteiger partial charge is 0.165 e. The summed E-state index contributed by atoms with van der Waals surface area (Å²) in [4.78, 5) is 0. The van der Waals surface area contributed by atoms with E-state index in [0.29, 0.717) is 18.2 Å². The molecule has 0 bridgehead atoms. The van der Waals surface area contributed by atoms with Crippen LogP contribution >= 0.6 is 11.6 Å². The van der Waals surface area contributed by atoms with E-state index in [1.54, 1.807) is 18.2 Å². The molecule has 0 saturated carbocycles. The molecule has 0 aliphatic heterocycles. The lowest BCUT2D eigenvalue weighted by atomic mass is 10.2. The summed E-state index contributed by atoms with van der Waals surface area (Å²) < 4.78 is 19.2.